The first-order chi connectivity index (χ1) is 12.7. The molecule has 1 aromatic heterocycles. The lowest BCUT2D eigenvalue weighted by Crippen LogP contribution is -2.41. The number of ether oxygens (including phenoxy) is 1. The largest absolute Gasteiger partial charge is 0.373 e. The summed E-state index contributed by atoms with van der Waals surface area (Å²) >= 11 is 0. The van der Waals surface area contributed by atoms with Crippen molar-refractivity contribution in [2.24, 2.45) is 0 Å². The van der Waals surface area contributed by atoms with Crippen molar-refractivity contribution in [1.29, 1.82) is 0 Å². The molecule has 0 radical (unpaired) electrons. The minimum absolute atomic E-state index is 0.0469. The van der Waals surface area contributed by atoms with Crippen molar-refractivity contribution in [3.8, 4) is 0 Å². The van der Waals surface area contributed by atoms with E-state index >= 15 is 0 Å². The van der Waals surface area contributed by atoms with Gasteiger partial charge in [-0.15, -0.1) is 5.10 Å². The van der Waals surface area contributed by atoms with E-state index < -0.39 is 0 Å². The molecule has 2 aromatic rings. The van der Waals surface area contributed by atoms with E-state index in [0.29, 0.717) is 13.0 Å². The number of rotatable bonds is 4. The molecule has 0 bridgehead atoms. The normalized spacial score (nSPS) is 22.7. The Morgan fingerprint density at radius 1 is 1.27 bits per heavy atom. The van der Waals surface area contributed by atoms with E-state index in [2.05, 4.69) is 15.6 Å². The lowest BCUT2D eigenvalue weighted by Gasteiger charge is -2.30. The number of nitrogens with zero attached hydrogens (tertiary/aromatic N) is 3. The molecule has 6 nitrogen and oxygen atoms in total. The van der Waals surface area contributed by atoms with Crippen LogP contribution in [0.3, 0.4) is 0 Å². The SMILES string of the molecule is O=C(Cn1nnc2c1CCCC2)NC1CCOC(c2ccc(F)cc2)C1. The van der Waals surface area contributed by atoms with Crippen LogP contribution in [0.4, 0.5) is 4.39 Å². The van der Waals surface area contributed by atoms with Crippen molar-refractivity contribution >= 4 is 5.91 Å². The van der Waals surface area contributed by atoms with Gasteiger partial charge in [-0.25, -0.2) is 9.07 Å². The molecule has 1 amide bonds. The maximum absolute atomic E-state index is 13.1. The second-order valence-corrected chi connectivity index (χ2v) is 7.05. The highest BCUT2D eigenvalue weighted by atomic mass is 19.1. The maximum atomic E-state index is 13.1. The Balaban J connectivity index is 1.35. The van der Waals surface area contributed by atoms with E-state index in [1.54, 1.807) is 16.8 Å². The minimum Gasteiger partial charge on any atom is -0.373 e. The van der Waals surface area contributed by atoms with Gasteiger partial charge in [-0.05, 0) is 56.2 Å². The number of nitrogens with one attached hydrogen (secondary N) is 1. The Morgan fingerprint density at radius 2 is 2.08 bits per heavy atom. The average Bonchev–Trinajstić information content (AvgIpc) is 3.05. The predicted molar refractivity (Wildman–Crippen MR) is 92.9 cm³/mol. The molecule has 2 atom stereocenters. The zero-order valence-corrected chi connectivity index (χ0v) is 14.7. The first-order valence-electron chi connectivity index (χ1n) is 9.27. The molecule has 2 unspecified atom stereocenters. The van der Waals surface area contributed by atoms with Gasteiger partial charge in [-0.2, -0.15) is 0 Å². The smallest absolute Gasteiger partial charge is 0.242 e. The van der Waals surface area contributed by atoms with Crippen molar-refractivity contribution in [2.45, 2.75) is 57.2 Å². The predicted octanol–water partition coefficient (Wildman–Crippen LogP) is 2.33. The van der Waals surface area contributed by atoms with Gasteiger partial charge in [0.2, 0.25) is 5.91 Å². The summed E-state index contributed by atoms with van der Waals surface area (Å²) in [5.74, 6) is -0.307. The monoisotopic (exact) mass is 358 g/mol. The third kappa shape index (κ3) is 3.77. The second kappa shape index (κ2) is 7.53. The number of carbonyl (C=O) groups excluding carboxylic acids is 1. The van der Waals surface area contributed by atoms with Crippen molar-refractivity contribution < 1.29 is 13.9 Å². The van der Waals surface area contributed by atoms with Crippen LogP contribution in [0.25, 0.3) is 0 Å². The van der Waals surface area contributed by atoms with Crippen LogP contribution < -0.4 is 5.32 Å². The number of amides is 1. The van der Waals surface area contributed by atoms with Crippen LogP contribution in [-0.2, 0) is 28.9 Å². The molecule has 7 heteroatoms. The van der Waals surface area contributed by atoms with Crippen LogP contribution in [-0.4, -0.2) is 33.5 Å². The van der Waals surface area contributed by atoms with E-state index in [9.17, 15) is 9.18 Å². The van der Waals surface area contributed by atoms with E-state index in [1.807, 2.05) is 0 Å². The molecule has 1 saturated heterocycles. The molecule has 1 fully saturated rings. The number of aryl methyl sites for hydroxylation is 1. The fourth-order valence-electron chi connectivity index (χ4n) is 3.80. The van der Waals surface area contributed by atoms with Crippen LogP contribution in [0, 0.1) is 5.82 Å². The summed E-state index contributed by atoms with van der Waals surface area (Å²) in [5, 5.41) is 11.4. The molecule has 0 spiro atoms. The van der Waals surface area contributed by atoms with Gasteiger partial charge < -0.3 is 10.1 Å². The Morgan fingerprint density at radius 3 is 2.92 bits per heavy atom. The van der Waals surface area contributed by atoms with Crippen LogP contribution in [0.2, 0.25) is 0 Å². The highest BCUT2D eigenvalue weighted by Gasteiger charge is 2.26. The average molecular weight is 358 g/mol. The summed E-state index contributed by atoms with van der Waals surface area (Å²) in [5.41, 5.74) is 3.07. The van der Waals surface area contributed by atoms with Gasteiger partial charge in [0.05, 0.1) is 17.5 Å². The van der Waals surface area contributed by atoms with Gasteiger partial charge in [0, 0.05) is 12.6 Å². The fraction of sp³-hybridized carbons (Fsp3) is 0.526. The van der Waals surface area contributed by atoms with E-state index in [1.165, 1.54) is 12.1 Å². The molecule has 138 valence electrons. The molecule has 1 N–H and O–H groups in total. The van der Waals surface area contributed by atoms with Crippen LogP contribution >= 0.6 is 0 Å². The molecule has 0 saturated carbocycles. The first-order valence-corrected chi connectivity index (χ1v) is 9.27. The van der Waals surface area contributed by atoms with Crippen LogP contribution in [0.15, 0.2) is 24.3 Å². The summed E-state index contributed by atoms with van der Waals surface area (Å²) in [6.07, 6.45) is 5.52. The summed E-state index contributed by atoms with van der Waals surface area (Å²) in [7, 11) is 0. The number of hydrogen-bond donors (Lipinski definition) is 1. The van der Waals surface area contributed by atoms with Crippen LogP contribution in [0.5, 0.6) is 0 Å². The summed E-state index contributed by atoms with van der Waals surface area (Å²) < 4.78 is 20.6. The van der Waals surface area contributed by atoms with Crippen molar-refractivity contribution in [2.75, 3.05) is 6.61 Å². The van der Waals surface area contributed by atoms with Gasteiger partial charge in [0.15, 0.2) is 0 Å². The van der Waals surface area contributed by atoms with E-state index in [0.717, 1.165) is 49.1 Å². The molecule has 1 aliphatic carbocycles. The van der Waals surface area contributed by atoms with Crippen LogP contribution in [0.1, 0.15) is 48.7 Å². The van der Waals surface area contributed by atoms with E-state index in [-0.39, 0.29) is 30.4 Å². The Bertz CT molecular complexity index is 774. The van der Waals surface area contributed by atoms with Gasteiger partial charge in [0.25, 0.3) is 0 Å². The fourth-order valence-corrected chi connectivity index (χ4v) is 3.80. The third-order valence-corrected chi connectivity index (χ3v) is 5.18. The molecular formula is C19H23FN4O2. The quantitative estimate of drug-likeness (QED) is 0.911. The van der Waals surface area contributed by atoms with Crippen molar-refractivity contribution in [1.82, 2.24) is 20.3 Å². The van der Waals surface area contributed by atoms with Gasteiger partial charge >= 0.3 is 0 Å². The minimum atomic E-state index is -0.259. The number of carbonyl (C=O) groups is 1. The third-order valence-electron chi connectivity index (χ3n) is 5.18. The number of fused-ring (bicyclic) bond motifs is 1. The second-order valence-electron chi connectivity index (χ2n) is 7.05. The Labute approximate surface area is 151 Å². The maximum Gasteiger partial charge on any atom is 0.242 e. The molecule has 2 heterocycles. The number of halogens is 1. The number of benzene rings is 1. The molecule has 1 aromatic carbocycles. The highest BCUT2D eigenvalue weighted by molar-refractivity contribution is 5.76. The lowest BCUT2D eigenvalue weighted by atomic mass is 9.97. The van der Waals surface area contributed by atoms with E-state index in [4.69, 9.17) is 4.74 Å². The van der Waals surface area contributed by atoms with Gasteiger partial charge in [-0.1, -0.05) is 17.3 Å². The topological polar surface area (TPSA) is 69.0 Å². The van der Waals surface area contributed by atoms with Gasteiger partial charge in [-0.3, -0.25) is 4.79 Å². The summed E-state index contributed by atoms with van der Waals surface area (Å²) in [4.78, 5) is 12.5. The highest BCUT2D eigenvalue weighted by Crippen LogP contribution is 2.28. The number of aromatic nitrogens is 3. The standard InChI is InChI=1S/C19H23FN4O2/c20-14-7-5-13(6-8-14)18-11-15(9-10-26-18)21-19(25)12-24-17-4-2-1-3-16(17)22-23-24/h5-8,15,18H,1-4,9-12H2,(H,21,25). The zero-order chi connectivity index (χ0) is 17.9. The lowest BCUT2D eigenvalue weighted by molar-refractivity contribution is -0.123. The first kappa shape index (κ1) is 17.1. The molecule has 2 aliphatic rings. The summed E-state index contributed by atoms with van der Waals surface area (Å²) in [6, 6.07) is 6.41. The molecule has 4 rings (SSSR count). The molecule has 1 aliphatic heterocycles. The number of hydrogen-bond acceptors (Lipinski definition) is 4. The van der Waals surface area contributed by atoms with Crippen molar-refractivity contribution in [3.63, 3.8) is 0 Å². The molecular weight excluding hydrogens is 335 g/mol. The van der Waals surface area contributed by atoms with Gasteiger partial charge in [0.1, 0.15) is 12.4 Å². The molecule has 26 heavy (non-hydrogen) atoms. The Kier molecular flexibility index (Phi) is 4.97. The summed E-state index contributed by atoms with van der Waals surface area (Å²) in [6.45, 7) is 0.784. The van der Waals surface area contributed by atoms with Crippen molar-refractivity contribution in [3.05, 3.63) is 47.0 Å². The zero-order valence-electron chi connectivity index (χ0n) is 14.7. The Hall–Kier alpha value is -2.28.